The van der Waals surface area contributed by atoms with Crippen molar-refractivity contribution in [3.05, 3.63) is 35.7 Å². The van der Waals surface area contributed by atoms with Gasteiger partial charge in [-0.3, -0.25) is 4.68 Å². The molecule has 0 fully saturated rings. The summed E-state index contributed by atoms with van der Waals surface area (Å²) in [5.41, 5.74) is 1.37. The van der Waals surface area contributed by atoms with Gasteiger partial charge in [0.05, 0.1) is 13.3 Å². The standard InChI is InChI=1S/C15H18N2O4/c1-3-6-17-14(13(19-2)8-16-17)15(18)10-4-5-11-12(7-10)21-9-20-11/h4-5,7-8,15,18H,3,6,9H2,1-2H3. The number of aliphatic hydroxyl groups excluding tert-OH is 1. The predicted molar refractivity (Wildman–Crippen MR) is 75.7 cm³/mol. The first-order chi connectivity index (χ1) is 10.2. The second-order valence-corrected chi connectivity index (χ2v) is 4.84. The second kappa shape index (κ2) is 5.65. The number of fused-ring (bicyclic) bond motifs is 1. The normalized spacial score (nSPS) is 14.2. The smallest absolute Gasteiger partial charge is 0.231 e. The molecular weight excluding hydrogens is 272 g/mol. The van der Waals surface area contributed by atoms with E-state index in [0.717, 1.165) is 18.5 Å². The molecule has 1 N–H and O–H groups in total. The van der Waals surface area contributed by atoms with Crippen molar-refractivity contribution in [1.29, 1.82) is 0 Å². The van der Waals surface area contributed by atoms with Crippen molar-refractivity contribution < 1.29 is 19.3 Å². The van der Waals surface area contributed by atoms with Gasteiger partial charge in [0.25, 0.3) is 0 Å². The number of nitrogens with zero attached hydrogens (tertiary/aromatic N) is 2. The summed E-state index contributed by atoms with van der Waals surface area (Å²) in [7, 11) is 1.57. The summed E-state index contributed by atoms with van der Waals surface area (Å²) in [4.78, 5) is 0. The van der Waals surface area contributed by atoms with E-state index in [-0.39, 0.29) is 6.79 Å². The molecule has 2 heterocycles. The highest BCUT2D eigenvalue weighted by Gasteiger charge is 2.23. The number of benzene rings is 1. The maximum absolute atomic E-state index is 10.7. The first kappa shape index (κ1) is 13.8. The largest absolute Gasteiger partial charge is 0.493 e. The fourth-order valence-corrected chi connectivity index (χ4v) is 2.44. The van der Waals surface area contributed by atoms with Crippen molar-refractivity contribution in [2.75, 3.05) is 13.9 Å². The van der Waals surface area contributed by atoms with Gasteiger partial charge in [0.1, 0.15) is 11.8 Å². The minimum atomic E-state index is -0.830. The minimum Gasteiger partial charge on any atom is -0.493 e. The highest BCUT2D eigenvalue weighted by Crippen LogP contribution is 2.37. The topological polar surface area (TPSA) is 65.7 Å². The van der Waals surface area contributed by atoms with Crippen molar-refractivity contribution in [2.24, 2.45) is 0 Å². The Bertz CT molecular complexity index is 639. The van der Waals surface area contributed by atoms with Gasteiger partial charge < -0.3 is 19.3 Å². The predicted octanol–water partition coefficient (Wildman–Crippen LogP) is 2.11. The van der Waals surface area contributed by atoms with Crippen molar-refractivity contribution in [3.63, 3.8) is 0 Å². The SMILES string of the molecule is CCCn1ncc(OC)c1C(O)c1ccc2c(c1)OCO2. The van der Waals surface area contributed by atoms with E-state index in [1.807, 2.05) is 6.07 Å². The Morgan fingerprint density at radius 2 is 2.19 bits per heavy atom. The molecule has 1 unspecified atom stereocenters. The van der Waals surface area contributed by atoms with E-state index in [1.54, 1.807) is 30.1 Å². The van der Waals surface area contributed by atoms with Crippen LogP contribution in [0.5, 0.6) is 17.2 Å². The number of methoxy groups -OCH3 is 1. The summed E-state index contributed by atoms with van der Waals surface area (Å²) < 4.78 is 17.7. The lowest BCUT2D eigenvalue weighted by molar-refractivity contribution is 0.173. The van der Waals surface area contributed by atoms with Crippen molar-refractivity contribution >= 4 is 0 Å². The number of hydrogen-bond acceptors (Lipinski definition) is 5. The lowest BCUT2D eigenvalue weighted by Crippen LogP contribution is -2.11. The molecule has 0 saturated heterocycles. The molecule has 0 bridgehead atoms. The number of rotatable bonds is 5. The Morgan fingerprint density at radius 3 is 2.95 bits per heavy atom. The highest BCUT2D eigenvalue weighted by molar-refractivity contribution is 5.47. The zero-order chi connectivity index (χ0) is 14.8. The lowest BCUT2D eigenvalue weighted by atomic mass is 10.1. The van der Waals surface area contributed by atoms with E-state index in [9.17, 15) is 5.11 Å². The summed E-state index contributed by atoms with van der Waals surface area (Å²) in [6.07, 6.45) is 1.72. The van der Waals surface area contributed by atoms with Gasteiger partial charge in [0.2, 0.25) is 6.79 Å². The molecule has 0 aliphatic carbocycles. The van der Waals surface area contributed by atoms with Crippen molar-refractivity contribution in [3.8, 4) is 17.2 Å². The summed E-state index contributed by atoms with van der Waals surface area (Å²) in [6, 6.07) is 5.41. The zero-order valence-electron chi connectivity index (χ0n) is 12.1. The van der Waals surface area contributed by atoms with E-state index in [0.29, 0.717) is 22.9 Å². The third kappa shape index (κ3) is 2.42. The summed E-state index contributed by atoms with van der Waals surface area (Å²) in [5.74, 6) is 1.92. The molecule has 1 atom stereocenters. The number of ether oxygens (including phenoxy) is 3. The lowest BCUT2D eigenvalue weighted by Gasteiger charge is -2.15. The number of aliphatic hydroxyl groups is 1. The Balaban J connectivity index is 1.97. The van der Waals surface area contributed by atoms with Crippen LogP contribution in [0, 0.1) is 0 Å². The van der Waals surface area contributed by atoms with Crippen LogP contribution in [0.3, 0.4) is 0 Å². The van der Waals surface area contributed by atoms with Crippen LogP contribution < -0.4 is 14.2 Å². The molecule has 2 aromatic rings. The van der Waals surface area contributed by atoms with E-state index >= 15 is 0 Å². The molecule has 6 nitrogen and oxygen atoms in total. The molecule has 1 aromatic heterocycles. The Kier molecular flexibility index (Phi) is 3.70. The molecule has 0 spiro atoms. The molecule has 21 heavy (non-hydrogen) atoms. The molecule has 112 valence electrons. The third-order valence-electron chi connectivity index (χ3n) is 3.47. The van der Waals surface area contributed by atoms with E-state index in [4.69, 9.17) is 14.2 Å². The van der Waals surface area contributed by atoms with Gasteiger partial charge in [-0.25, -0.2) is 0 Å². The van der Waals surface area contributed by atoms with Gasteiger partial charge >= 0.3 is 0 Å². The van der Waals surface area contributed by atoms with Gasteiger partial charge in [-0.05, 0) is 24.1 Å². The quantitative estimate of drug-likeness (QED) is 0.913. The van der Waals surface area contributed by atoms with Crippen LogP contribution in [-0.2, 0) is 6.54 Å². The van der Waals surface area contributed by atoms with Gasteiger partial charge in [0, 0.05) is 6.54 Å². The zero-order valence-corrected chi connectivity index (χ0v) is 12.1. The molecular formula is C15H18N2O4. The third-order valence-corrected chi connectivity index (χ3v) is 3.47. The van der Waals surface area contributed by atoms with Crippen molar-refractivity contribution in [2.45, 2.75) is 26.0 Å². The van der Waals surface area contributed by atoms with Crippen LogP contribution in [0.15, 0.2) is 24.4 Å². The molecule has 0 amide bonds. The van der Waals surface area contributed by atoms with Crippen LogP contribution in [0.4, 0.5) is 0 Å². The second-order valence-electron chi connectivity index (χ2n) is 4.84. The van der Waals surface area contributed by atoms with Gasteiger partial charge in [0.15, 0.2) is 17.2 Å². The number of aryl methyl sites for hydroxylation is 1. The minimum absolute atomic E-state index is 0.214. The number of aromatic nitrogens is 2. The number of hydrogen-bond donors (Lipinski definition) is 1. The maximum atomic E-state index is 10.7. The van der Waals surface area contributed by atoms with Gasteiger partial charge in [-0.15, -0.1) is 0 Å². The summed E-state index contributed by atoms with van der Waals surface area (Å²) in [5, 5.41) is 15.0. The molecule has 1 aliphatic rings. The van der Waals surface area contributed by atoms with Crippen LogP contribution >= 0.6 is 0 Å². The van der Waals surface area contributed by atoms with Crippen LogP contribution in [0.1, 0.15) is 30.7 Å². The molecule has 6 heteroatoms. The molecule has 3 rings (SSSR count). The average molecular weight is 290 g/mol. The van der Waals surface area contributed by atoms with E-state index < -0.39 is 6.10 Å². The summed E-state index contributed by atoms with van der Waals surface area (Å²) in [6.45, 7) is 3.00. The first-order valence-corrected chi connectivity index (χ1v) is 6.92. The molecule has 0 saturated carbocycles. The average Bonchev–Trinajstić information content (AvgIpc) is 3.12. The van der Waals surface area contributed by atoms with Crippen LogP contribution in [-0.4, -0.2) is 28.8 Å². The molecule has 0 radical (unpaired) electrons. The maximum Gasteiger partial charge on any atom is 0.231 e. The highest BCUT2D eigenvalue weighted by atomic mass is 16.7. The van der Waals surface area contributed by atoms with Gasteiger partial charge in [-0.1, -0.05) is 13.0 Å². The van der Waals surface area contributed by atoms with Crippen LogP contribution in [0.2, 0.25) is 0 Å². The van der Waals surface area contributed by atoms with Crippen LogP contribution in [0.25, 0.3) is 0 Å². The monoisotopic (exact) mass is 290 g/mol. The van der Waals surface area contributed by atoms with E-state index in [1.165, 1.54) is 0 Å². The van der Waals surface area contributed by atoms with Gasteiger partial charge in [-0.2, -0.15) is 5.10 Å². The Morgan fingerprint density at radius 1 is 1.38 bits per heavy atom. The molecule has 1 aliphatic heterocycles. The fraction of sp³-hybridized carbons (Fsp3) is 0.400. The first-order valence-electron chi connectivity index (χ1n) is 6.92. The molecule has 1 aromatic carbocycles. The van der Waals surface area contributed by atoms with E-state index in [2.05, 4.69) is 12.0 Å². The summed E-state index contributed by atoms with van der Waals surface area (Å²) >= 11 is 0. The fourth-order valence-electron chi connectivity index (χ4n) is 2.44. The Hall–Kier alpha value is -2.21. The van der Waals surface area contributed by atoms with Crippen molar-refractivity contribution in [1.82, 2.24) is 9.78 Å². The Labute approximate surface area is 122 Å².